The third-order valence-electron chi connectivity index (χ3n) is 4.40. The number of hydrogen-bond acceptors (Lipinski definition) is 5. The lowest BCUT2D eigenvalue weighted by molar-refractivity contribution is 0.0789. The topological polar surface area (TPSA) is 91.3 Å². The van der Waals surface area contributed by atoms with E-state index in [1.807, 2.05) is 14.1 Å². The predicted molar refractivity (Wildman–Crippen MR) is 94.1 cm³/mol. The number of carbonyl (C=O) groups excluding carboxylic acids is 1. The summed E-state index contributed by atoms with van der Waals surface area (Å²) in [6.07, 6.45) is 2.30. The van der Waals surface area contributed by atoms with Crippen molar-refractivity contribution >= 4 is 11.9 Å². The highest BCUT2D eigenvalue weighted by Crippen LogP contribution is 2.26. The summed E-state index contributed by atoms with van der Waals surface area (Å²) in [6.45, 7) is 1.10. The first kappa shape index (κ1) is 16.9. The maximum Gasteiger partial charge on any atom is 0.255 e. The smallest absolute Gasteiger partial charge is 0.255 e. The van der Waals surface area contributed by atoms with Crippen molar-refractivity contribution in [3.8, 4) is 0 Å². The summed E-state index contributed by atoms with van der Waals surface area (Å²) in [5.41, 5.74) is 0.829. The molecule has 1 aliphatic rings. The van der Waals surface area contributed by atoms with Gasteiger partial charge in [0.1, 0.15) is 0 Å². The molecule has 0 aliphatic carbocycles. The van der Waals surface area contributed by atoms with Crippen LogP contribution in [0, 0.1) is 0 Å². The average molecular weight is 343 g/mol. The van der Waals surface area contributed by atoms with Gasteiger partial charge in [0.25, 0.3) is 11.5 Å². The van der Waals surface area contributed by atoms with Crippen molar-refractivity contribution in [2.24, 2.45) is 7.05 Å². The Bertz CT molecular complexity index is 915. The summed E-state index contributed by atoms with van der Waals surface area (Å²) in [5.74, 6) is 0.415. The number of aryl methyl sites for hydroxylation is 1. The van der Waals surface area contributed by atoms with Crippen LogP contribution in [-0.2, 0) is 7.05 Å². The van der Waals surface area contributed by atoms with Gasteiger partial charge < -0.3 is 14.4 Å². The zero-order valence-corrected chi connectivity index (χ0v) is 14.5. The highest BCUT2D eigenvalue weighted by atomic mass is 16.2. The van der Waals surface area contributed by atoms with Gasteiger partial charge in [-0.3, -0.25) is 19.4 Å². The number of likely N-dealkylation sites (tertiary alicyclic amines) is 1. The van der Waals surface area contributed by atoms with E-state index in [2.05, 4.69) is 9.97 Å². The second-order valence-electron chi connectivity index (χ2n) is 6.49. The fourth-order valence-corrected chi connectivity index (χ4v) is 2.97. The first-order valence-corrected chi connectivity index (χ1v) is 8.09. The molecule has 2 aromatic rings. The molecule has 1 unspecified atom stereocenters. The number of rotatable bonds is 3. The second kappa shape index (κ2) is 6.54. The minimum absolute atomic E-state index is 0.0254. The zero-order chi connectivity index (χ0) is 18.1. The Balaban J connectivity index is 1.79. The minimum atomic E-state index is -0.198. The van der Waals surface area contributed by atoms with E-state index >= 15 is 0 Å². The van der Waals surface area contributed by atoms with Crippen LogP contribution in [0.25, 0.3) is 0 Å². The van der Waals surface area contributed by atoms with E-state index < -0.39 is 0 Å². The first-order valence-electron chi connectivity index (χ1n) is 8.09. The van der Waals surface area contributed by atoms with Gasteiger partial charge in [-0.05, 0) is 12.5 Å². The molecule has 3 heterocycles. The molecule has 1 N–H and O–H groups in total. The van der Waals surface area contributed by atoms with E-state index in [-0.39, 0.29) is 22.9 Å². The molecule has 1 aliphatic heterocycles. The predicted octanol–water partition coefficient (Wildman–Crippen LogP) is 0.164. The number of H-pyrrole nitrogens is 1. The van der Waals surface area contributed by atoms with E-state index in [1.165, 1.54) is 16.7 Å². The van der Waals surface area contributed by atoms with Crippen LogP contribution < -0.4 is 16.0 Å². The number of aromatic nitrogens is 3. The molecule has 8 heteroatoms. The maximum absolute atomic E-state index is 12.6. The van der Waals surface area contributed by atoms with Crippen LogP contribution in [-0.4, -0.2) is 52.5 Å². The molecule has 1 amide bonds. The minimum Gasteiger partial charge on any atom is -0.348 e. The van der Waals surface area contributed by atoms with Gasteiger partial charge in [0.2, 0.25) is 11.5 Å². The molecule has 0 saturated carbocycles. The standard InChI is InChI=1S/C17H21N5O3/c1-20(2)17-18-13(8-14(23)19-17)11-6-7-22(10-11)16(25)12-4-5-15(24)21(3)9-12/h4-5,8-9,11H,6-7,10H2,1-3H3,(H,18,19,23). The quantitative estimate of drug-likeness (QED) is 0.857. The Kier molecular flexibility index (Phi) is 4.43. The molecule has 25 heavy (non-hydrogen) atoms. The van der Waals surface area contributed by atoms with E-state index in [1.54, 1.807) is 29.1 Å². The molecule has 3 rings (SSSR count). The molecular formula is C17H21N5O3. The number of pyridine rings is 1. The van der Waals surface area contributed by atoms with Gasteiger partial charge in [-0.15, -0.1) is 0 Å². The number of hydrogen-bond donors (Lipinski definition) is 1. The molecule has 0 aromatic carbocycles. The molecule has 132 valence electrons. The van der Waals surface area contributed by atoms with Gasteiger partial charge in [-0.2, -0.15) is 0 Å². The van der Waals surface area contributed by atoms with Crippen molar-refractivity contribution in [1.82, 2.24) is 19.4 Å². The first-order chi connectivity index (χ1) is 11.8. The van der Waals surface area contributed by atoms with Crippen LogP contribution in [0.4, 0.5) is 5.95 Å². The number of aromatic amines is 1. The summed E-state index contributed by atoms with van der Waals surface area (Å²) in [5, 5.41) is 0. The molecule has 2 aromatic heterocycles. The molecule has 1 fully saturated rings. The number of anilines is 1. The normalized spacial score (nSPS) is 16.9. The second-order valence-corrected chi connectivity index (χ2v) is 6.49. The van der Waals surface area contributed by atoms with Crippen molar-refractivity contribution in [1.29, 1.82) is 0 Å². The Labute approximate surface area is 144 Å². The number of amides is 1. The molecule has 8 nitrogen and oxygen atoms in total. The average Bonchev–Trinajstić information content (AvgIpc) is 3.06. The zero-order valence-electron chi connectivity index (χ0n) is 14.5. The summed E-state index contributed by atoms with van der Waals surface area (Å²) in [6, 6.07) is 4.44. The van der Waals surface area contributed by atoms with Gasteiger partial charge in [0.05, 0.1) is 11.3 Å². The summed E-state index contributed by atoms with van der Waals surface area (Å²) >= 11 is 0. The van der Waals surface area contributed by atoms with Crippen molar-refractivity contribution in [2.75, 3.05) is 32.1 Å². The molecule has 0 radical (unpaired) electrons. The highest BCUT2D eigenvalue weighted by molar-refractivity contribution is 5.94. The fraction of sp³-hybridized carbons (Fsp3) is 0.412. The molecule has 1 atom stereocenters. The van der Waals surface area contributed by atoms with Gasteiger partial charge >= 0.3 is 0 Å². The van der Waals surface area contributed by atoms with Crippen LogP contribution in [0.15, 0.2) is 34.0 Å². The lowest BCUT2D eigenvalue weighted by Crippen LogP contribution is -2.30. The van der Waals surface area contributed by atoms with Gasteiger partial charge in [0, 0.05) is 58.5 Å². The lowest BCUT2D eigenvalue weighted by Gasteiger charge is -2.17. The van der Waals surface area contributed by atoms with Crippen molar-refractivity contribution < 1.29 is 4.79 Å². The van der Waals surface area contributed by atoms with Crippen LogP contribution >= 0.6 is 0 Å². The third kappa shape index (κ3) is 3.47. The van der Waals surface area contributed by atoms with Crippen LogP contribution in [0.5, 0.6) is 0 Å². The van der Waals surface area contributed by atoms with Crippen molar-refractivity contribution in [3.63, 3.8) is 0 Å². The van der Waals surface area contributed by atoms with Crippen LogP contribution in [0.3, 0.4) is 0 Å². The lowest BCUT2D eigenvalue weighted by atomic mass is 10.1. The highest BCUT2D eigenvalue weighted by Gasteiger charge is 2.29. The SMILES string of the molecule is CN(C)c1nc(C2CCN(C(=O)c3ccc(=O)n(C)c3)C2)cc(=O)[nH]1. The molecule has 0 spiro atoms. The van der Waals surface area contributed by atoms with Gasteiger partial charge in [0.15, 0.2) is 0 Å². The summed E-state index contributed by atoms with van der Waals surface area (Å²) in [4.78, 5) is 46.6. The number of nitrogens with zero attached hydrogens (tertiary/aromatic N) is 4. The monoisotopic (exact) mass is 343 g/mol. The van der Waals surface area contributed by atoms with Crippen LogP contribution in [0.1, 0.15) is 28.4 Å². The van der Waals surface area contributed by atoms with Crippen molar-refractivity contribution in [2.45, 2.75) is 12.3 Å². The van der Waals surface area contributed by atoms with E-state index in [0.717, 1.165) is 6.42 Å². The van der Waals surface area contributed by atoms with E-state index in [4.69, 9.17) is 0 Å². The number of carbonyl (C=O) groups is 1. The molecular weight excluding hydrogens is 322 g/mol. The third-order valence-corrected chi connectivity index (χ3v) is 4.40. The van der Waals surface area contributed by atoms with Gasteiger partial charge in [-0.1, -0.05) is 0 Å². The molecule has 0 bridgehead atoms. The maximum atomic E-state index is 12.6. The Hall–Kier alpha value is -2.90. The summed E-state index contributed by atoms with van der Waals surface area (Å²) in [7, 11) is 5.24. The number of nitrogens with one attached hydrogen (secondary N) is 1. The van der Waals surface area contributed by atoms with E-state index in [9.17, 15) is 14.4 Å². The Morgan fingerprint density at radius 3 is 2.76 bits per heavy atom. The summed E-state index contributed by atoms with van der Waals surface area (Å²) < 4.78 is 1.39. The van der Waals surface area contributed by atoms with Crippen LogP contribution in [0.2, 0.25) is 0 Å². The van der Waals surface area contributed by atoms with E-state index in [0.29, 0.717) is 30.3 Å². The van der Waals surface area contributed by atoms with Crippen molar-refractivity contribution in [3.05, 3.63) is 56.4 Å². The molecule has 1 saturated heterocycles. The largest absolute Gasteiger partial charge is 0.348 e. The Morgan fingerprint density at radius 2 is 2.08 bits per heavy atom. The fourth-order valence-electron chi connectivity index (χ4n) is 2.97. The van der Waals surface area contributed by atoms with Gasteiger partial charge in [-0.25, -0.2) is 4.98 Å². The Morgan fingerprint density at radius 1 is 1.32 bits per heavy atom.